The van der Waals surface area contributed by atoms with Gasteiger partial charge in [0, 0.05) is 0 Å². The third kappa shape index (κ3) is 7.70. The Morgan fingerprint density at radius 2 is 1.17 bits per heavy atom. The number of allylic oxidation sites excluding steroid dienone is 3. The molecule has 0 aromatic heterocycles. The van der Waals surface area contributed by atoms with Crippen LogP contribution in [0.25, 0.3) is 0 Å². The first-order valence-electron chi connectivity index (χ1n) is 7.57. The lowest BCUT2D eigenvalue weighted by molar-refractivity contribution is 0.621. The molecule has 18 heavy (non-hydrogen) atoms. The number of unbranched alkanes of at least 4 members (excludes halogenated alkanes) is 5. The van der Waals surface area contributed by atoms with E-state index in [0.29, 0.717) is 0 Å². The number of hydrogen-bond donors (Lipinski definition) is 0. The second kappa shape index (κ2) is 11.5. The molecule has 104 valence electrons. The van der Waals surface area contributed by atoms with E-state index in [1.54, 1.807) is 0 Å². The predicted octanol–water partition coefficient (Wildman–Crippen LogP) is 6.35. The molecule has 0 N–H and O–H groups in total. The molecule has 0 nitrogen and oxygen atoms in total. The second-order valence-corrected chi connectivity index (χ2v) is 10.2. The van der Waals surface area contributed by atoms with E-state index in [4.69, 9.17) is 0 Å². The molecule has 0 aromatic carbocycles. The molecule has 0 spiro atoms. The maximum atomic E-state index is 3.94. The van der Waals surface area contributed by atoms with Crippen LogP contribution in [-0.4, -0.2) is 8.07 Å². The Balaban J connectivity index is 4.08. The molecule has 0 saturated carbocycles. The summed E-state index contributed by atoms with van der Waals surface area (Å²) in [6, 6.07) is 5.09. The number of hydrogen-bond acceptors (Lipinski definition) is 0. The van der Waals surface area contributed by atoms with Crippen molar-refractivity contribution in [2.75, 3.05) is 0 Å². The zero-order valence-electron chi connectivity index (χ0n) is 12.4. The van der Waals surface area contributed by atoms with E-state index in [1.165, 1.54) is 62.7 Å². The first kappa shape index (κ1) is 17.4. The van der Waals surface area contributed by atoms with Crippen molar-refractivity contribution in [1.82, 2.24) is 0 Å². The summed E-state index contributed by atoms with van der Waals surface area (Å²) in [5.41, 5.74) is 0. The molecule has 0 aliphatic heterocycles. The summed E-state index contributed by atoms with van der Waals surface area (Å²) in [6.07, 6.45) is 14.7. The summed E-state index contributed by atoms with van der Waals surface area (Å²) in [6.45, 7) is 14.1. The topological polar surface area (TPSA) is 0 Å². The van der Waals surface area contributed by atoms with Gasteiger partial charge in [-0.2, -0.15) is 0 Å². The van der Waals surface area contributed by atoms with E-state index < -0.39 is 8.07 Å². The molecule has 0 fully saturated rings. The SMILES string of the molecule is C=CC[Si](CC=C)(CC=C)CCCCCCCC. The summed E-state index contributed by atoms with van der Waals surface area (Å²) in [7, 11) is -1.22. The quantitative estimate of drug-likeness (QED) is 0.206. The highest BCUT2D eigenvalue weighted by Crippen LogP contribution is 2.29. The van der Waals surface area contributed by atoms with Crippen LogP contribution in [0.4, 0.5) is 0 Å². The monoisotopic (exact) mass is 264 g/mol. The van der Waals surface area contributed by atoms with Crippen LogP contribution in [0.2, 0.25) is 24.2 Å². The van der Waals surface area contributed by atoms with Gasteiger partial charge in [0.1, 0.15) is 0 Å². The normalized spacial score (nSPS) is 11.2. The summed E-state index contributed by atoms with van der Waals surface area (Å²) in [5, 5.41) is 0. The molecule has 0 radical (unpaired) electrons. The lowest BCUT2D eigenvalue weighted by Crippen LogP contribution is -2.31. The van der Waals surface area contributed by atoms with Gasteiger partial charge < -0.3 is 0 Å². The van der Waals surface area contributed by atoms with Crippen molar-refractivity contribution in [3.05, 3.63) is 38.0 Å². The lowest BCUT2D eigenvalue weighted by atomic mass is 10.1. The third-order valence-corrected chi connectivity index (χ3v) is 8.67. The Morgan fingerprint density at radius 1 is 0.722 bits per heavy atom. The fraction of sp³-hybridized carbons (Fsp3) is 0.647. The zero-order chi connectivity index (χ0) is 13.7. The first-order valence-corrected chi connectivity index (χ1v) is 10.4. The summed E-state index contributed by atoms with van der Waals surface area (Å²) < 4.78 is 0. The predicted molar refractivity (Wildman–Crippen MR) is 88.9 cm³/mol. The van der Waals surface area contributed by atoms with E-state index in [2.05, 4.69) is 44.9 Å². The minimum absolute atomic E-state index is 1.22. The van der Waals surface area contributed by atoms with Gasteiger partial charge in [0.05, 0.1) is 8.07 Å². The van der Waals surface area contributed by atoms with Gasteiger partial charge in [-0.25, -0.2) is 0 Å². The molecule has 0 unspecified atom stereocenters. The van der Waals surface area contributed by atoms with Crippen LogP contribution in [0.3, 0.4) is 0 Å². The fourth-order valence-electron chi connectivity index (χ4n) is 2.76. The molecule has 0 saturated heterocycles. The highest BCUT2D eigenvalue weighted by molar-refractivity contribution is 6.81. The van der Waals surface area contributed by atoms with Gasteiger partial charge in [0.2, 0.25) is 0 Å². The van der Waals surface area contributed by atoms with E-state index in [1.807, 2.05) is 0 Å². The minimum Gasteiger partial charge on any atom is -0.103 e. The van der Waals surface area contributed by atoms with Gasteiger partial charge >= 0.3 is 0 Å². The van der Waals surface area contributed by atoms with Gasteiger partial charge in [0.25, 0.3) is 0 Å². The lowest BCUT2D eigenvalue weighted by Gasteiger charge is -2.28. The fourth-order valence-corrected chi connectivity index (χ4v) is 6.70. The van der Waals surface area contributed by atoms with Crippen LogP contribution < -0.4 is 0 Å². The Morgan fingerprint density at radius 3 is 1.61 bits per heavy atom. The van der Waals surface area contributed by atoms with E-state index in [0.717, 1.165) is 0 Å². The minimum atomic E-state index is -1.22. The molecular formula is C17H32Si. The van der Waals surface area contributed by atoms with Crippen LogP contribution in [0.5, 0.6) is 0 Å². The molecule has 0 atom stereocenters. The van der Waals surface area contributed by atoms with Gasteiger partial charge in [-0.1, -0.05) is 69.7 Å². The Labute approximate surface area is 116 Å². The highest BCUT2D eigenvalue weighted by atomic mass is 28.3. The van der Waals surface area contributed by atoms with Crippen LogP contribution in [-0.2, 0) is 0 Å². The van der Waals surface area contributed by atoms with Crippen molar-refractivity contribution in [3.8, 4) is 0 Å². The van der Waals surface area contributed by atoms with Gasteiger partial charge in [-0.3, -0.25) is 0 Å². The second-order valence-electron chi connectivity index (χ2n) is 5.50. The Hall–Kier alpha value is -0.563. The Bertz CT molecular complexity index is 203. The molecule has 0 amide bonds. The van der Waals surface area contributed by atoms with Crippen molar-refractivity contribution in [1.29, 1.82) is 0 Å². The molecule has 1 heteroatoms. The maximum absolute atomic E-state index is 3.94. The maximum Gasteiger partial charge on any atom is 0.0648 e. The van der Waals surface area contributed by atoms with Gasteiger partial charge in [0.15, 0.2) is 0 Å². The summed E-state index contributed by atoms with van der Waals surface area (Å²) in [5.74, 6) is 0. The largest absolute Gasteiger partial charge is 0.103 e. The molecular weight excluding hydrogens is 232 g/mol. The molecule has 0 aliphatic rings. The molecule has 0 aliphatic carbocycles. The molecule has 0 bridgehead atoms. The number of rotatable bonds is 13. The van der Waals surface area contributed by atoms with Crippen molar-refractivity contribution in [2.45, 2.75) is 69.6 Å². The van der Waals surface area contributed by atoms with Crippen molar-refractivity contribution >= 4 is 8.07 Å². The molecule has 0 heterocycles. The van der Waals surface area contributed by atoms with Gasteiger partial charge in [-0.05, 0) is 18.1 Å². The van der Waals surface area contributed by atoms with Crippen molar-refractivity contribution < 1.29 is 0 Å². The van der Waals surface area contributed by atoms with Crippen LogP contribution in [0.15, 0.2) is 38.0 Å². The van der Waals surface area contributed by atoms with Crippen LogP contribution in [0.1, 0.15) is 45.4 Å². The van der Waals surface area contributed by atoms with E-state index >= 15 is 0 Å². The van der Waals surface area contributed by atoms with Crippen molar-refractivity contribution in [3.63, 3.8) is 0 Å². The first-order chi connectivity index (χ1) is 8.74. The third-order valence-electron chi connectivity index (χ3n) is 3.79. The van der Waals surface area contributed by atoms with Crippen molar-refractivity contribution in [2.24, 2.45) is 0 Å². The van der Waals surface area contributed by atoms with E-state index in [9.17, 15) is 0 Å². The smallest absolute Gasteiger partial charge is 0.0648 e. The van der Waals surface area contributed by atoms with E-state index in [-0.39, 0.29) is 0 Å². The molecule has 0 aromatic rings. The average molecular weight is 265 g/mol. The highest BCUT2D eigenvalue weighted by Gasteiger charge is 2.27. The summed E-state index contributed by atoms with van der Waals surface area (Å²) >= 11 is 0. The van der Waals surface area contributed by atoms with Crippen LogP contribution in [0, 0.1) is 0 Å². The van der Waals surface area contributed by atoms with Gasteiger partial charge in [-0.15, -0.1) is 19.7 Å². The molecule has 0 rings (SSSR count). The Kier molecular flexibility index (Phi) is 11.2. The standard InChI is InChI=1S/C17H32Si/c1-5-9-10-11-12-13-17-18(14-6-2,15-7-3)16-8-4/h6-8H,2-5,9-17H2,1H3. The average Bonchev–Trinajstić information content (AvgIpc) is 2.35. The van der Waals surface area contributed by atoms with Crippen LogP contribution >= 0.6 is 0 Å². The zero-order valence-corrected chi connectivity index (χ0v) is 13.4. The summed E-state index contributed by atoms with van der Waals surface area (Å²) in [4.78, 5) is 0.